The number of rotatable bonds is 4. The third kappa shape index (κ3) is 4.88. The molecular weight excluding hydrogens is 374 g/mol. The number of benzene rings is 1. The molecule has 1 aromatic rings. The number of carboxylic acids is 1. The van der Waals surface area contributed by atoms with E-state index >= 15 is 0 Å². The van der Waals surface area contributed by atoms with E-state index in [1.165, 1.54) is 6.07 Å². The number of nitrogens with zero attached hydrogens (tertiary/aromatic N) is 1. The maximum absolute atomic E-state index is 12.3. The number of halogens is 2. The predicted molar refractivity (Wildman–Crippen MR) is 88.1 cm³/mol. The normalized spacial score (nSPS) is 12.6. The van der Waals surface area contributed by atoms with Crippen LogP contribution in [0.2, 0.25) is 5.02 Å². The summed E-state index contributed by atoms with van der Waals surface area (Å²) >= 11 is 9.28. The Morgan fingerprint density at radius 2 is 2.00 bits per heavy atom. The van der Waals surface area contributed by atoms with E-state index in [-0.39, 0.29) is 6.54 Å². The summed E-state index contributed by atoms with van der Waals surface area (Å²) in [6, 6.07) is 3.63. The van der Waals surface area contributed by atoms with Crippen molar-refractivity contribution in [3.8, 4) is 0 Å². The van der Waals surface area contributed by atoms with Crippen LogP contribution in [0.5, 0.6) is 0 Å². The first-order valence-corrected chi connectivity index (χ1v) is 7.91. The van der Waals surface area contributed by atoms with Gasteiger partial charge in [-0.3, -0.25) is 4.90 Å². The van der Waals surface area contributed by atoms with Crippen LogP contribution in [-0.2, 0) is 9.53 Å². The molecule has 0 aliphatic rings. The molecule has 1 amide bonds. The molecule has 0 saturated heterocycles. The van der Waals surface area contributed by atoms with Crippen molar-refractivity contribution < 1.29 is 19.4 Å². The van der Waals surface area contributed by atoms with Crippen molar-refractivity contribution in [1.82, 2.24) is 4.90 Å². The molecule has 0 fully saturated rings. The van der Waals surface area contributed by atoms with Crippen molar-refractivity contribution in [2.45, 2.75) is 39.3 Å². The van der Waals surface area contributed by atoms with Crippen LogP contribution in [0.1, 0.15) is 39.3 Å². The highest BCUT2D eigenvalue weighted by atomic mass is 79.9. The van der Waals surface area contributed by atoms with E-state index in [1.807, 2.05) is 0 Å². The standard InChI is InChI=1S/C15H19BrClNO4/c1-5-18(14(21)22-15(2,3)4)12(13(19)20)9-6-7-10(16)11(17)8-9/h6-8,12H,5H2,1-4H3,(H,19,20). The van der Waals surface area contributed by atoms with Gasteiger partial charge in [0, 0.05) is 11.0 Å². The lowest BCUT2D eigenvalue weighted by atomic mass is 10.1. The van der Waals surface area contributed by atoms with Crippen LogP contribution in [0.15, 0.2) is 22.7 Å². The lowest BCUT2D eigenvalue weighted by Gasteiger charge is -2.31. The highest BCUT2D eigenvalue weighted by molar-refractivity contribution is 9.10. The van der Waals surface area contributed by atoms with Crippen LogP contribution < -0.4 is 0 Å². The lowest BCUT2D eigenvalue weighted by molar-refractivity contribution is -0.143. The molecule has 0 radical (unpaired) electrons. The number of carbonyl (C=O) groups excluding carboxylic acids is 1. The molecule has 7 heteroatoms. The zero-order valence-corrected chi connectivity index (χ0v) is 15.2. The average molecular weight is 393 g/mol. The molecule has 1 aromatic carbocycles. The highest BCUT2D eigenvalue weighted by Crippen LogP contribution is 2.29. The predicted octanol–water partition coefficient (Wildman–Crippen LogP) is 4.49. The fraction of sp³-hybridized carbons (Fsp3) is 0.467. The molecule has 0 spiro atoms. The van der Waals surface area contributed by atoms with Crippen molar-refractivity contribution in [2.75, 3.05) is 6.54 Å². The van der Waals surface area contributed by atoms with Crippen molar-refractivity contribution in [2.24, 2.45) is 0 Å². The molecule has 0 bridgehead atoms. The van der Waals surface area contributed by atoms with E-state index in [0.29, 0.717) is 15.1 Å². The summed E-state index contributed by atoms with van der Waals surface area (Å²) in [6.45, 7) is 7.07. The maximum atomic E-state index is 12.3. The Kier molecular flexibility index (Phi) is 6.26. The van der Waals surface area contributed by atoms with Crippen molar-refractivity contribution in [3.05, 3.63) is 33.3 Å². The third-order valence-corrected chi connectivity index (χ3v) is 4.01. The molecule has 122 valence electrons. The van der Waals surface area contributed by atoms with Gasteiger partial charge in [-0.25, -0.2) is 9.59 Å². The summed E-state index contributed by atoms with van der Waals surface area (Å²) in [6.07, 6.45) is -0.679. The van der Waals surface area contributed by atoms with Crippen LogP contribution in [-0.4, -0.2) is 34.2 Å². The minimum absolute atomic E-state index is 0.194. The second-order valence-corrected chi connectivity index (χ2v) is 6.94. The van der Waals surface area contributed by atoms with Gasteiger partial charge in [-0.2, -0.15) is 0 Å². The van der Waals surface area contributed by atoms with Crippen LogP contribution >= 0.6 is 27.5 Å². The summed E-state index contributed by atoms with van der Waals surface area (Å²) < 4.78 is 5.93. The zero-order valence-electron chi connectivity index (χ0n) is 12.9. The van der Waals surface area contributed by atoms with Crippen molar-refractivity contribution in [3.63, 3.8) is 0 Å². The Morgan fingerprint density at radius 3 is 2.41 bits per heavy atom. The Bertz CT molecular complexity index is 571. The van der Waals surface area contributed by atoms with Gasteiger partial charge in [0.25, 0.3) is 0 Å². The monoisotopic (exact) mass is 391 g/mol. The van der Waals surface area contributed by atoms with Gasteiger partial charge in [0.2, 0.25) is 0 Å². The van der Waals surface area contributed by atoms with Gasteiger partial charge in [0.15, 0.2) is 6.04 Å². The Labute approximate surface area is 143 Å². The number of likely N-dealkylation sites (N-methyl/N-ethyl adjacent to an activating group) is 1. The zero-order chi connectivity index (χ0) is 17.1. The number of amides is 1. The summed E-state index contributed by atoms with van der Waals surface area (Å²) in [5.74, 6) is -1.15. The maximum Gasteiger partial charge on any atom is 0.411 e. The lowest BCUT2D eigenvalue weighted by Crippen LogP contribution is -2.42. The number of aliphatic carboxylic acids is 1. The summed E-state index contributed by atoms with van der Waals surface area (Å²) in [5.41, 5.74) is -0.293. The summed E-state index contributed by atoms with van der Waals surface area (Å²) in [5, 5.41) is 9.91. The van der Waals surface area contributed by atoms with Crippen LogP contribution in [0.4, 0.5) is 4.79 Å². The fourth-order valence-electron chi connectivity index (χ4n) is 1.88. The Hall–Kier alpha value is -1.27. The average Bonchev–Trinajstić information content (AvgIpc) is 2.36. The number of hydrogen-bond acceptors (Lipinski definition) is 3. The molecule has 0 aliphatic carbocycles. The number of hydrogen-bond donors (Lipinski definition) is 1. The van der Waals surface area contributed by atoms with Gasteiger partial charge in [0.1, 0.15) is 5.60 Å². The van der Waals surface area contributed by atoms with E-state index in [2.05, 4.69) is 15.9 Å². The van der Waals surface area contributed by atoms with Crippen molar-refractivity contribution in [1.29, 1.82) is 0 Å². The minimum atomic E-state index is -1.16. The summed E-state index contributed by atoms with van der Waals surface area (Å²) in [7, 11) is 0. The first kappa shape index (κ1) is 18.8. The van der Waals surface area contributed by atoms with Crippen LogP contribution in [0, 0.1) is 0 Å². The van der Waals surface area contributed by atoms with Gasteiger partial charge in [-0.1, -0.05) is 17.7 Å². The van der Waals surface area contributed by atoms with E-state index in [9.17, 15) is 14.7 Å². The quantitative estimate of drug-likeness (QED) is 0.820. The molecule has 22 heavy (non-hydrogen) atoms. The second-order valence-electron chi connectivity index (χ2n) is 5.68. The fourth-order valence-corrected chi connectivity index (χ4v) is 2.31. The molecule has 5 nitrogen and oxygen atoms in total. The van der Waals surface area contributed by atoms with Gasteiger partial charge in [0.05, 0.1) is 5.02 Å². The van der Waals surface area contributed by atoms with E-state index in [1.54, 1.807) is 39.8 Å². The Balaban J connectivity index is 3.18. The third-order valence-electron chi connectivity index (χ3n) is 2.77. The van der Waals surface area contributed by atoms with Gasteiger partial charge >= 0.3 is 12.1 Å². The molecule has 1 rings (SSSR count). The van der Waals surface area contributed by atoms with Crippen molar-refractivity contribution >= 4 is 39.6 Å². The van der Waals surface area contributed by atoms with Gasteiger partial charge in [-0.15, -0.1) is 0 Å². The molecule has 1 atom stereocenters. The van der Waals surface area contributed by atoms with Crippen LogP contribution in [0.3, 0.4) is 0 Å². The smallest absolute Gasteiger partial charge is 0.411 e. The van der Waals surface area contributed by atoms with Gasteiger partial charge < -0.3 is 9.84 Å². The number of carbonyl (C=O) groups is 2. The highest BCUT2D eigenvalue weighted by Gasteiger charge is 2.33. The molecule has 0 saturated carbocycles. The minimum Gasteiger partial charge on any atom is -0.479 e. The SMILES string of the molecule is CCN(C(=O)OC(C)(C)C)C(C(=O)O)c1ccc(Br)c(Cl)c1. The molecule has 0 aromatic heterocycles. The molecule has 1 unspecified atom stereocenters. The molecular formula is C15H19BrClNO4. The van der Waals surface area contributed by atoms with Crippen LogP contribution in [0.25, 0.3) is 0 Å². The first-order valence-electron chi connectivity index (χ1n) is 6.74. The second kappa shape index (κ2) is 7.33. The molecule has 0 aliphatic heterocycles. The van der Waals surface area contributed by atoms with E-state index in [0.717, 1.165) is 4.90 Å². The van der Waals surface area contributed by atoms with E-state index < -0.39 is 23.7 Å². The Morgan fingerprint density at radius 1 is 1.41 bits per heavy atom. The molecule has 1 N–H and O–H groups in total. The van der Waals surface area contributed by atoms with E-state index in [4.69, 9.17) is 16.3 Å². The topological polar surface area (TPSA) is 66.8 Å². The largest absolute Gasteiger partial charge is 0.479 e. The number of carboxylic acid groups (broad SMARTS) is 1. The summed E-state index contributed by atoms with van der Waals surface area (Å²) in [4.78, 5) is 25.1. The van der Waals surface area contributed by atoms with Gasteiger partial charge in [-0.05, 0) is 61.3 Å². The number of ether oxygens (including phenoxy) is 1. The molecule has 0 heterocycles. The first-order chi connectivity index (χ1) is 10.1.